The Balaban J connectivity index is 3.02. The van der Waals surface area contributed by atoms with Gasteiger partial charge in [0, 0.05) is 11.9 Å². The summed E-state index contributed by atoms with van der Waals surface area (Å²) >= 11 is 0. The van der Waals surface area contributed by atoms with Crippen LogP contribution in [-0.4, -0.2) is 4.98 Å². The SMILES string of the molecule is CCc1cc(CF)c(C)cn1. The summed E-state index contributed by atoms with van der Waals surface area (Å²) in [4.78, 5) is 4.14. The summed E-state index contributed by atoms with van der Waals surface area (Å²) in [6.07, 6.45) is 2.60. The predicted molar refractivity (Wildman–Crippen MR) is 43.2 cm³/mol. The minimum Gasteiger partial charge on any atom is -0.261 e. The standard InChI is InChI=1S/C9H12FN/c1-3-9-4-8(5-10)7(2)6-11-9/h4,6H,3,5H2,1-2H3. The van der Waals surface area contributed by atoms with E-state index in [9.17, 15) is 4.39 Å². The van der Waals surface area contributed by atoms with Crippen molar-refractivity contribution in [3.63, 3.8) is 0 Å². The first kappa shape index (κ1) is 8.18. The van der Waals surface area contributed by atoms with Gasteiger partial charge in [0.2, 0.25) is 0 Å². The van der Waals surface area contributed by atoms with Gasteiger partial charge in [-0.25, -0.2) is 4.39 Å². The lowest BCUT2D eigenvalue weighted by atomic mass is 10.1. The van der Waals surface area contributed by atoms with Crippen LogP contribution in [0, 0.1) is 6.92 Å². The molecule has 11 heavy (non-hydrogen) atoms. The Morgan fingerprint density at radius 1 is 1.55 bits per heavy atom. The quantitative estimate of drug-likeness (QED) is 0.635. The number of halogens is 1. The lowest BCUT2D eigenvalue weighted by molar-refractivity contribution is 0.483. The molecule has 0 amide bonds. The molecule has 1 aromatic heterocycles. The van der Waals surface area contributed by atoms with E-state index in [-0.39, 0.29) is 6.67 Å². The molecule has 0 atom stereocenters. The first-order valence-corrected chi connectivity index (χ1v) is 3.78. The Hall–Kier alpha value is -0.920. The number of aromatic nitrogens is 1. The third kappa shape index (κ3) is 1.76. The van der Waals surface area contributed by atoms with Crippen molar-refractivity contribution < 1.29 is 4.39 Å². The van der Waals surface area contributed by atoms with Crippen molar-refractivity contribution in [3.8, 4) is 0 Å². The monoisotopic (exact) mass is 153 g/mol. The molecule has 0 aromatic carbocycles. The van der Waals surface area contributed by atoms with Gasteiger partial charge in [-0.1, -0.05) is 6.92 Å². The summed E-state index contributed by atoms with van der Waals surface area (Å²) in [7, 11) is 0. The third-order valence-corrected chi connectivity index (χ3v) is 1.78. The molecule has 1 nitrogen and oxygen atoms in total. The third-order valence-electron chi connectivity index (χ3n) is 1.78. The molecule has 0 unspecified atom stereocenters. The van der Waals surface area contributed by atoms with Crippen LogP contribution in [0.2, 0.25) is 0 Å². The molecule has 0 saturated carbocycles. The summed E-state index contributed by atoms with van der Waals surface area (Å²) in [6.45, 7) is 3.50. The number of aryl methyl sites for hydroxylation is 2. The highest BCUT2D eigenvalue weighted by Gasteiger charge is 1.98. The van der Waals surface area contributed by atoms with Gasteiger partial charge in [0.05, 0.1) is 0 Å². The van der Waals surface area contributed by atoms with Gasteiger partial charge in [0.15, 0.2) is 0 Å². The number of pyridine rings is 1. The van der Waals surface area contributed by atoms with E-state index in [0.29, 0.717) is 0 Å². The summed E-state index contributed by atoms with van der Waals surface area (Å²) < 4.78 is 12.3. The molecule has 0 spiro atoms. The zero-order valence-corrected chi connectivity index (χ0v) is 6.89. The highest BCUT2D eigenvalue weighted by atomic mass is 19.1. The molecule has 0 bridgehead atoms. The zero-order valence-electron chi connectivity index (χ0n) is 6.89. The molecule has 0 aliphatic carbocycles. The summed E-state index contributed by atoms with van der Waals surface area (Å²) in [5.41, 5.74) is 2.66. The molecule has 60 valence electrons. The van der Waals surface area contributed by atoms with Gasteiger partial charge in [-0.15, -0.1) is 0 Å². The zero-order chi connectivity index (χ0) is 8.27. The smallest absolute Gasteiger partial charge is 0.115 e. The van der Waals surface area contributed by atoms with E-state index < -0.39 is 0 Å². The van der Waals surface area contributed by atoms with Gasteiger partial charge in [-0.3, -0.25) is 4.98 Å². The fourth-order valence-corrected chi connectivity index (χ4v) is 0.952. The maximum absolute atomic E-state index is 12.3. The molecule has 0 N–H and O–H groups in total. The van der Waals surface area contributed by atoms with Crippen LogP contribution in [-0.2, 0) is 13.1 Å². The number of nitrogens with zero attached hydrogens (tertiary/aromatic N) is 1. The van der Waals surface area contributed by atoms with Crippen LogP contribution in [0.5, 0.6) is 0 Å². The van der Waals surface area contributed by atoms with E-state index >= 15 is 0 Å². The van der Waals surface area contributed by atoms with E-state index in [1.807, 2.05) is 19.9 Å². The van der Waals surface area contributed by atoms with Gasteiger partial charge >= 0.3 is 0 Å². The first-order chi connectivity index (χ1) is 5.27. The average Bonchev–Trinajstić information content (AvgIpc) is 2.05. The molecule has 1 rings (SSSR count). The Morgan fingerprint density at radius 3 is 2.82 bits per heavy atom. The fourth-order valence-electron chi connectivity index (χ4n) is 0.952. The van der Waals surface area contributed by atoms with Gasteiger partial charge < -0.3 is 0 Å². The van der Waals surface area contributed by atoms with Crippen molar-refractivity contribution in [1.29, 1.82) is 0 Å². The lowest BCUT2D eigenvalue weighted by Crippen LogP contribution is -1.92. The van der Waals surface area contributed by atoms with Crippen molar-refractivity contribution in [2.45, 2.75) is 26.9 Å². The van der Waals surface area contributed by atoms with Gasteiger partial charge in [-0.05, 0) is 30.5 Å². The van der Waals surface area contributed by atoms with Crippen LogP contribution in [0.4, 0.5) is 4.39 Å². The topological polar surface area (TPSA) is 12.9 Å². The van der Waals surface area contributed by atoms with Gasteiger partial charge in [0.1, 0.15) is 6.67 Å². The molecule has 0 saturated heterocycles. The molecule has 0 fully saturated rings. The van der Waals surface area contributed by atoms with Crippen LogP contribution in [0.25, 0.3) is 0 Å². The van der Waals surface area contributed by atoms with Crippen molar-refractivity contribution in [3.05, 3.63) is 29.1 Å². The Labute approximate surface area is 66.3 Å². The molecule has 1 aromatic rings. The summed E-state index contributed by atoms with van der Waals surface area (Å²) in [5.74, 6) is 0. The number of hydrogen-bond acceptors (Lipinski definition) is 1. The normalized spacial score (nSPS) is 10.1. The van der Waals surface area contributed by atoms with E-state index in [0.717, 1.165) is 23.2 Å². The first-order valence-electron chi connectivity index (χ1n) is 3.78. The molecular weight excluding hydrogens is 141 g/mol. The van der Waals surface area contributed by atoms with E-state index in [1.165, 1.54) is 0 Å². The van der Waals surface area contributed by atoms with Crippen molar-refractivity contribution in [2.24, 2.45) is 0 Å². The molecule has 1 heterocycles. The molecule has 0 aliphatic heterocycles. The predicted octanol–water partition coefficient (Wildman–Crippen LogP) is 2.42. The maximum Gasteiger partial charge on any atom is 0.115 e. The van der Waals surface area contributed by atoms with Gasteiger partial charge in [0.25, 0.3) is 0 Å². The van der Waals surface area contributed by atoms with E-state index in [4.69, 9.17) is 0 Å². The van der Waals surface area contributed by atoms with Gasteiger partial charge in [-0.2, -0.15) is 0 Å². The highest BCUT2D eigenvalue weighted by molar-refractivity contribution is 5.24. The second-order valence-corrected chi connectivity index (χ2v) is 2.59. The van der Waals surface area contributed by atoms with Crippen LogP contribution in [0.3, 0.4) is 0 Å². The summed E-state index contributed by atoms with van der Waals surface area (Å²) in [6, 6.07) is 1.83. The summed E-state index contributed by atoms with van der Waals surface area (Å²) in [5, 5.41) is 0. The number of rotatable bonds is 2. The van der Waals surface area contributed by atoms with E-state index in [2.05, 4.69) is 4.98 Å². The molecule has 0 radical (unpaired) electrons. The highest BCUT2D eigenvalue weighted by Crippen LogP contribution is 2.09. The maximum atomic E-state index is 12.3. The molecular formula is C9H12FN. The Morgan fingerprint density at radius 2 is 2.27 bits per heavy atom. The minimum atomic E-state index is -0.388. The largest absolute Gasteiger partial charge is 0.261 e. The molecule has 2 heteroatoms. The van der Waals surface area contributed by atoms with Crippen LogP contribution in [0.1, 0.15) is 23.7 Å². The number of alkyl halides is 1. The number of hydrogen-bond donors (Lipinski definition) is 0. The van der Waals surface area contributed by atoms with E-state index in [1.54, 1.807) is 6.20 Å². The molecule has 0 aliphatic rings. The second kappa shape index (κ2) is 3.46. The lowest BCUT2D eigenvalue weighted by Gasteiger charge is -2.01. The minimum absolute atomic E-state index is 0.388. The average molecular weight is 153 g/mol. The van der Waals surface area contributed by atoms with Crippen molar-refractivity contribution >= 4 is 0 Å². The van der Waals surface area contributed by atoms with Crippen molar-refractivity contribution in [1.82, 2.24) is 4.98 Å². The van der Waals surface area contributed by atoms with Crippen LogP contribution in [0.15, 0.2) is 12.3 Å². The van der Waals surface area contributed by atoms with Crippen LogP contribution < -0.4 is 0 Å². The fraction of sp³-hybridized carbons (Fsp3) is 0.444. The Kier molecular flexibility index (Phi) is 2.58. The second-order valence-electron chi connectivity index (χ2n) is 2.59. The Bertz CT molecular complexity index is 245. The van der Waals surface area contributed by atoms with Crippen LogP contribution >= 0.6 is 0 Å². The van der Waals surface area contributed by atoms with Crippen molar-refractivity contribution in [2.75, 3.05) is 0 Å².